The van der Waals surface area contributed by atoms with Crippen LogP contribution < -0.4 is 10.2 Å². The summed E-state index contributed by atoms with van der Waals surface area (Å²) in [7, 11) is 0. The molecule has 2 heterocycles. The molecule has 1 saturated heterocycles. The molecule has 1 aromatic carbocycles. The van der Waals surface area contributed by atoms with Gasteiger partial charge in [-0.3, -0.25) is 0 Å². The molecule has 3 nitrogen and oxygen atoms in total. The average molecular weight is 297 g/mol. The zero-order valence-corrected chi connectivity index (χ0v) is 11.5. The first-order chi connectivity index (χ1) is 8.29. The highest BCUT2D eigenvalue weighted by molar-refractivity contribution is 9.10. The first-order valence-electron chi connectivity index (χ1n) is 6.17. The third-order valence-corrected chi connectivity index (χ3v) is 4.22. The summed E-state index contributed by atoms with van der Waals surface area (Å²) in [5.41, 5.74) is 2.53. The molecule has 0 bridgehead atoms. The van der Waals surface area contributed by atoms with Crippen molar-refractivity contribution in [3.8, 4) is 0 Å². The molecular weight excluding hydrogens is 280 g/mol. The molecule has 3 rings (SSSR count). The maximum Gasteiger partial charge on any atom is 0.0674 e. The van der Waals surface area contributed by atoms with Crippen molar-refractivity contribution in [3.63, 3.8) is 0 Å². The number of nitrogens with zero attached hydrogens (tertiary/aromatic N) is 1. The van der Waals surface area contributed by atoms with Gasteiger partial charge in [0.1, 0.15) is 0 Å². The maximum absolute atomic E-state index is 5.63. The van der Waals surface area contributed by atoms with Gasteiger partial charge in [0.05, 0.1) is 30.6 Å². The van der Waals surface area contributed by atoms with Gasteiger partial charge in [-0.2, -0.15) is 0 Å². The van der Waals surface area contributed by atoms with E-state index < -0.39 is 0 Å². The Labute approximate surface area is 110 Å². The number of hydrogen-bond donors (Lipinski definition) is 1. The molecule has 4 heteroatoms. The first kappa shape index (κ1) is 11.4. The molecule has 2 aliphatic heterocycles. The smallest absolute Gasteiger partial charge is 0.0674 e. The molecular formula is C13H17BrN2O. The molecule has 0 aliphatic carbocycles. The molecule has 0 spiro atoms. The minimum Gasteiger partial charge on any atom is -0.383 e. The molecule has 0 aromatic heterocycles. The highest BCUT2D eigenvalue weighted by Crippen LogP contribution is 2.36. The molecule has 2 atom stereocenters. The van der Waals surface area contributed by atoms with E-state index in [-0.39, 0.29) is 0 Å². The van der Waals surface area contributed by atoms with Crippen LogP contribution in [-0.4, -0.2) is 32.3 Å². The highest BCUT2D eigenvalue weighted by Gasteiger charge is 2.35. The van der Waals surface area contributed by atoms with Crippen molar-refractivity contribution in [1.82, 2.24) is 0 Å². The fraction of sp³-hybridized carbons (Fsp3) is 0.538. The summed E-state index contributed by atoms with van der Waals surface area (Å²) in [6, 6.07) is 6.97. The van der Waals surface area contributed by atoms with Crippen molar-refractivity contribution in [2.45, 2.75) is 13.0 Å². The van der Waals surface area contributed by atoms with Crippen LogP contribution in [0.5, 0.6) is 0 Å². The number of hydrogen-bond acceptors (Lipinski definition) is 3. The molecule has 1 fully saturated rings. The summed E-state index contributed by atoms with van der Waals surface area (Å²) in [6.45, 7) is 5.98. The lowest BCUT2D eigenvalue weighted by atomic mass is 10.0. The Morgan fingerprint density at radius 2 is 2.35 bits per heavy atom. The molecule has 17 heavy (non-hydrogen) atoms. The summed E-state index contributed by atoms with van der Waals surface area (Å²) in [4.78, 5) is 2.47. The molecule has 1 aromatic rings. The van der Waals surface area contributed by atoms with E-state index in [0.717, 1.165) is 30.8 Å². The second-order valence-corrected chi connectivity index (χ2v) is 5.61. The summed E-state index contributed by atoms with van der Waals surface area (Å²) < 4.78 is 6.76. The summed E-state index contributed by atoms with van der Waals surface area (Å²) in [6.07, 6.45) is 0. The normalized spacial score (nSPS) is 27.1. The zero-order valence-electron chi connectivity index (χ0n) is 9.95. The van der Waals surface area contributed by atoms with Gasteiger partial charge < -0.3 is 15.0 Å². The lowest BCUT2D eigenvalue weighted by Crippen LogP contribution is -2.40. The molecule has 0 amide bonds. The van der Waals surface area contributed by atoms with Gasteiger partial charge in [-0.1, -0.05) is 15.9 Å². The van der Waals surface area contributed by atoms with Crippen LogP contribution in [0.3, 0.4) is 0 Å². The predicted molar refractivity (Wildman–Crippen MR) is 73.7 cm³/mol. The summed E-state index contributed by atoms with van der Waals surface area (Å²) >= 11 is 3.56. The van der Waals surface area contributed by atoms with Gasteiger partial charge in [0.25, 0.3) is 0 Å². The molecule has 1 N–H and O–H groups in total. The Bertz CT molecular complexity index is 424. The van der Waals surface area contributed by atoms with Crippen LogP contribution in [0.1, 0.15) is 6.92 Å². The summed E-state index contributed by atoms with van der Waals surface area (Å²) in [5.74, 6) is 0.598. The number of rotatable bonds is 1. The van der Waals surface area contributed by atoms with Gasteiger partial charge in [-0.25, -0.2) is 0 Å². The third kappa shape index (κ3) is 1.93. The molecule has 0 radical (unpaired) electrons. The number of nitrogens with one attached hydrogen (secondary N) is 1. The van der Waals surface area contributed by atoms with Crippen LogP contribution in [0.15, 0.2) is 22.7 Å². The Hall–Kier alpha value is -0.740. The Morgan fingerprint density at radius 3 is 3.18 bits per heavy atom. The molecule has 2 aliphatic rings. The number of benzene rings is 1. The molecule has 2 unspecified atom stereocenters. The number of fused-ring (bicyclic) bond motifs is 2. The lowest BCUT2D eigenvalue weighted by molar-refractivity contribution is 0.185. The Balaban J connectivity index is 2.04. The van der Waals surface area contributed by atoms with Crippen molar-refractivity contribution in [2.75, 3.05) is 36.5 Å². The van der Waals surface area contributed by atoms with Gasteiger partial charge in [-0.15, -0.1) is 0 Å². The third-order valence-electron chi connectivity index (χ3n) is 3.73. The molecule has 92 valence electrons. The SMILES string of the molecule is CCN1c2cc(Br)ccc2NCC2COCC21. The van der Waals surface area contributed by atoms with Crippen LogP contribution >= 0.6 is 15.9 Å². The largest absolute Gasteiger partial charge is 0.383 e. The van der Waals surface area contributed by atoms with E-state index in [1.165, 1.54) is 11.4 Å². The van der Waals surface area contributed by atoms with E-state index in [0.29, 0.717) is 12.0 Å². The van der Waals surface area contributed by atoms with Gasteiger partial charge in [-0.05, 0) is 25.1 Å². The number of likely N-dealkylation sites (N-methyl/N-ethyl adjacent to an activating group) is 1. The lowest BCUT2D eigenvalue weighted by Gasteiger charge is -2.30. The van der Waals surface area contributed by atoms with E-state index in [2.05, 4.69) is 51.3 Å². The van der Waals surface area contributed by atoms with Crippen molar-refractivity contribution in [2.24, 2.45) is 5.92 Å². The van der Waals surface area contributed by atoms with Crippen LogP contribution in [0.2, 0.25) is 0 Å². The minimum absolute atomic E-state index is 0.517. The first-order valence-corrected chi connectivity index (χ1v) is 6.96. The van der Waals surface area contributed by atoms with Crippen LogP contribution in [0, 0.1) is 5.92 Å². The van der Waals surface area contributed by atoms with Gasteiger partial charge in [0.2, 0.25) is 0 Å². The second-order valence-electron chi connectivity index (χ2n) is 4.69. The van der Waals surface area contributed by atoms with Gasteiger partial charge in [0.15, 0.2) is 0 Å². The Kier molecular flexibility index (Phi) is 3.01. The highest BCUT2D eigenvalue weighted by atomic mass is 79.9. The van der Waals surface area contributed by atoms with Crippen LogP contribution in [0.4, 0.5) is 11.4 Å². The summed E-state index contributed by atoms with van der Waals surface area (Å²) in [5, 5.41) is 3.55. The average Bonchev–Trinajstić information content (AvgIpc) is 2.72. The quantitative estimate of drug-likeness (QED) is 0.862. The van der Waals surface area contributed by atoms with E-state index in [1.807, 2.05) is 0 Å². The van der Waals surface area contributed by atoms with E-state index in [4.69, 9.17) is 4.74 Å². The number of ether oxygens (including phenoxy) is 1. The van der Waals surface area contributed by atoms with Crippen LogP contribution in [0.25, 0.3) is 0 Å². The van der Waals surface area contributed by atoms with Crippen molar-refractivity contribution >= 4 is 27.3 Å². The topological polar surface area (TPSA) is 24.5 Å². The fourth-order valence-electron chi connectivity index (χ4n) is 2.84. The monoisotopic (exact) mass is 296 g/mol. The second kappa shape index (κ2) is 4.50. The molecule has 0 saturated carbocycles. The fourth-order valence-corrected chi connectivity index (χ4v) is 3.19. The zero-order chi connectivity index (χ0) is 11.8. The maximum atomic E-state index is 5.63. The van der Waals surface area contributed by atoms with E-state index in [9.17, 15) is 0 Å². The van der Waals surface area contributed by atoms with E-state index in [1.54, 1.807) is 0 Å². The van der Waals surface area contributed by atoms with Gasteiger partial charge >= 0.3 is 0 Å². The van der Waals surface area contributed by atoms with Crippen LogP contribution in [-0.2, 0) is 4.74 Å². The minimum atomic E-state index is 0.517. The number of anilines is 2. The standard InChI is InChI=1S/C13H17BrN2O/c1-2-16-12-5-10(14)3-4-11(12)15-6-9-7-17-8-13(9)16/h3-5,9,13,15H,2,6-8H2,1H3. The van der Waals surface area contributed by atoms with Crippen molar-refractivity contribution < 1.29 is 4.74 Å². The van der Waals surface area contributed by atoms with Gasteiger partial charge in [0, 0.05) is 23.5 Å². The van der Waals surface area contributed by atoms with Crippen molar-refractivity contribution in [3.05, 3.63) is 22.7 Å². The number of halogens is 1. The predicted octanol–water partition coefficient (Wildman–Crippen LogP) is 2.72. The Morgan fingerprint density at radius 1 is 1.47 bits per heavy atom. The van der Waals surface area contributed by atoms with Crippen molar-refractivity contribution in [1.29, 1.82) is 0 Å². The van der Waals surface area contributed by atoms with E-state index >= 15 is 0 Å².